The zero-order chi connectivity index (χ0) is 20.4. The second kappa shape index (κ2) is 12.3. The van der Waals surface area contributed by atoms with Crippen LogP contribution in [0.25, 0.3) is 0 Å². The highest BCUT2D eigenvalue weighted by molar-refractivity contribution is 5.81. The van der Waals surface area contributed by atoms with Crippen LogP contribution >= 0.6 is 0 Å². The van der Waals surface area contributed by atoms with Crippen LogP contribution < -0.4 is 10.6 Å². The third kappa shape index (κ3) is 7.29. The van der Waals surface area contributed by atoms with Gasteiger partial charge in [-0.2, -0.15) is 0 Å². The molecule has 0 aliphatic carbocycles. The lowest BCUT2D eigenvalue weighted by Crippen LogP contribution is -2.53. The summed E-state index contributed by atoms with van der Waals surface area (Å²) >= 11 is 0. The van der Waals surface area contributed by atoms with Crippen LogP contribution in [0.15, 0.2) is 0 Å². The van der Waals surface area contributed by atoms with Crippen molar-refractivity contribution in [3.05, 3.63) is 0 Å². The Morgan fingerprint density at radius 2 is 1.39 bits per heavy atom. The summed E-state index contributed by atoms with van der Waals surface area (Å²) < 4.78 is 16.8. The molecule has 2 aliphatic heterocycles. The third-order valence-corrected chi connectivity index (χ3v) is 5.19. The third-order valence-electron chi connectivity index (χ3n) is 5.19. The summed E-state index contributed by atoms with van der Waals surface area (Å²) in [4.78, 5) is 29.2. The molecule has 0 bridgehead atoms. The second-order valence-corrected chi connectivity index (χ2v) is 7.07. The van der Waals surface area contributed by atoms with Gasteiger partial charge in [0.15, 0.2) is 0 Å². The second-order valence-electron chi connectivity index (χ2n) is 7.07. The molecule has 2 atom stereocenters. The topological polar surface area (TPSA) is 92.4 Å². The molecule has 2 fully saturated rings. The van der Waals surface area contributed by atoms with Crippen LogP contribution in [-0.2, 0) is 23.8 Å². The fraction of sp³-hybridized carbons (Fsp3) is 0.895. The number of likely N-dealkylation sites (N-methyl/N-ethyl adjacent to an activating group) is 2. The number of amides is 2. The lowest BCUT2D eigenvalue weighted by atomic mass is 10.2. The van der Waals surface area contributed by atoms with Crippen molar-refractivity contribution in [2.24, 2.45) is 0 Å². The molecule has 2 amide bonds. The van der Waals surface area contributed by atoms with Gasteiger partial charge in [0.05, 0.1) is 19.3 Å². The molecule has 2 aliphatic rings. The Hall–Kier alpha value is -1.26. The number of nitrogens with one attached hydrogen (secondary N) is 2. The van der Waals surface area contributed by atoms with E-state index in [-0.39, 0.29) is 17.9 Å². The smallest absolute Gasteiger partial charge is 0.250 e. The van der Waals surface area contributed by atoms with E-state index in [1.807, 2.05) is 6.92 Å². The van der Waals surface area contributed by atoms with E-state index in [1.54, 1.807) is 0 Å². The van der Waals surface area contributed by atoms with Gasteiger partial charge in [-0.3, -0.25) is 19.4 Å². The molecule has 2 unspecified atom stereocenters. The molecule has 2 N–H and O–H groups in total. The Labute approximate surface area is 168 Å². The van der Waals surface area contributed by atoms with Crippen molar-refractivity contribution in [2.75, 3.05) is 72.2 Å². The van der Waals surface area contributed by atoms with Crippen molar-refractivity contribution in [1.29, 1.82) is 0 Å². The molecule has 0 aromatic heterocycles. The van der Waals surface area contributed by atoms with Crippen molar-refractivity contribution in [1.82, 2.24) is 20.4 Å². The molecule has 28 heavy (non-hydrogen) atoms. The van der Waals surface area contributed by atoms with Gasteiger partial charge in [0.25, 0.3) is 11.8 Å². The maximum atomic E-state index is 12.4. The molecule has 2 saturated heterocycles. The van der Waals surface area contributed by atoms with Crippen LogP contribution in [-0.4, -0.2) is 112 Å². The Bertz CT molecular complexity index is 453. The van der Waals surface area contributed by atoms with Gasteiger partial charge < -0.3 is 24.8 Å². The minimum atomic E-state index is -0.457. The molecule has 0 radical (unpaired) electrons. The van der Waals surface area contributed by atoms with Crippen molar-refractivity contribution in [3.8, 4) is 0 Å². The van der Waals surface area contributed by atoms with Gasteiger partial charge >= 0.3 is 0 Å². The number of carbonyl (C=O) groups excluding carboxylic acids is 2. The maximum Gasteiger partial charge on any atom is 0.250 e. The van der Waals surface area contributed by atoms with E-state index < -0.39 is 12.2 Å². The van der Waals surface area contributed by atoms with Crippen LogP contribution in [0.1, 0.15) is 20.8 Å². The quantitative estimate of drug-likeness (QED) is 0.489. The minimum absolute atomic E-state index is 0.136. The predicted octanol–water partition coefficient (Wildman–Crippen LogP) is -0.935. The van der Waals surface area contributed by atoms with Crippen molar-refractivity contribution in [2.45, 2.75) is 39.1 Å². The average Bonchev–Trinajstić information content (AvgIpc) is 2.75. The minimum Gasteiger partial charge on any atom is -0.375 e. The molecule has 9 nitrogen and oxygen atoms in total. The standard InChI is InChI=1S/C19H36N4O5/c1-4-22-7-9-27-16(13-22)18(24)20-11-15(26-6-3)12-21-19(25)17-14-23(5-2)8-10-28-17/h15-17H,4-14H2,1-3H3,(H,20,24)(H,21,25). The molecular formula is C19H36N4O5. The first-order chi connectivity index (χ1) is 13.6. The summed E-state index contributed by atoms with van der Waals surface area (Å²) in [7, 11) is 0. The molecular weight excluding hydrogens is 364 g/mol. The zero-order valence-electron chi connectivity index (χ0n) is 17.4. The van der Waals surface area contributed by atoms with Crippen molar-refractivity contribution >= 4 is 11.8 Å². The van der Waals surface area contributed by atoms with Crippen LogP contribution in [0.2, 0.25) is 0 Å². The normalized spacial score (nSPS) is 25.2. The van der Waals surface area contributed by atoms with E-state index in [4.69, 9.17) is 14.2 Å². The summed E-state index contributed by atoms with van der Waals surface area (Å²) in [6.07, 6.45) is -1.21. The summed E-state index contributed by atoms with van der Waals surface area (Å²) in [5, 5.41) is 5.79. The maximum absolute atomic E-state index is 12.4. The van der Waals surface area contributed by atoms with E-state index >= 15 is 0 Å². The van der Waals surface area contributed by atoms with E-state index in [2.05, 4.69) is 34.3 Å². The number of nitrogens with zero attached hydrogens (tertiary/aromatic N) is 2. The first-order valence-electron chi connectivity index (χ1n) is 10.4. The van der Waals surface area contributed by atoms with E-state index in [1.165, 1.54) is 0 Å². The lowest BCUT2D eigenvalue weighted by Gasteiger charge is -2.32. The lowest BCUT2D eigenvalue weighted by molar-refractivity contribution is -0.139. The van der Waals surface area contributed by atoms with Crippen LogP contribution in [0.3, 0.4) is 0 Å². The highest BCUT2D eigenvalue weighted by Gasteiger charge is 2.28. The first-order valence-corrected chi connectivity index (χ1v) is 10.4. The number of ether oxygens (including phenoxy) is 3. The Balaban J connectivity index is 1.74. The SMILES string of the molecule is CCOC(CNC(=O)C1CN(CC)CCO1)CNC(=O)C1CN(CC)CCO1. The van der Waals surface area contributed by atoms with E-state index in [0.29, 0.717) is 46.0 Å². The number of morpholine rings is 2. The van der Waals surface area contributed by atoms with Crippen LogP contribution in [0, 0.1) is 0 Å². The molecule has 162 valence electrons. The summed E-state index contributed by atoms with van der Waals surface area (Å²) in [6, 6.07) is 0. The predicted molar refractivity (Wildman–Crippen MR) is 105 cm³/mol. The van der Waals surface area contributed by atoms with Gasteiger partial charge in [-0.1, -0.05) is 13.8 Å². The Kier molecular flexibility index (Phi) is 10.1. The number of hydrogen-bond donors (Lipinski definition) is 2. The fourth-order valence-corrected chi connectivity index (χ4v) is 3.38. The van der Waals surface area contributed by atoms with Gasteiger partial charge in [0.1, 0.15) is 12.2 Å². The van der Waals surface area contributed by atoms with E-state index in [0.717, 1.165) is 26.2 Å². The van der Waals surface area contributed by atoms with Gasteiger partial charge in [-0.25, -0.2) is 0 Å². The highest BCUT2D eigenvalue weighted by Crippen LogP contribution is 2.06. The molecule has 0 saturated carbocycles. The number of rotatable bonds is 10. The Morgan fingerprint density at radius 3 is 1.79 bits per heavy atom. The molecule has 2 rings (SSSR count). The fourth-order valence-electron chi connectivity index (χ4n) is 3.38. The van der Waals surface area contributed by atoms with Gasteiger partial charge in [-0.15, -0.1) is 0 Å². The molecule has 0 spiro atoms. The van der Waals surface area contributed by atoms with Gasteiger partial charge in [0.2, 0.25) is 0 Å². The molecule has 2 heterocycles. The van der Waals surface area contributed by atoms with Crippen molar-refractivity contribution in [3.63, 3.8) is 0 Å². The van der Waals surface area contributed by atoms with Gasteiger partial charge in [0, 0.05) is 45.9 Å². The van der Waals surface area contributed by atoms with E-state index in [9.17, 15) is 9.59 Å². The molecule has 9 heteroatoms. The summed E-state index contributed by atoms with van der Waals surface area (Å²) in [6.45, 7) is 13.0. The Morgan fingerprint density at radius 1 is 0.929 bits per heavy atom. The molecule has 0 aromatic carbocycles. The first kappa shape index (κ1) is 23.0. The van der Waals surface area contributed by atoms with Gasteiger partial charge in [-0.05, 0) is 20.0 Å². The van der Waals surface area contributed by atoms with Crippen LogP contribution in [0.4, 0.5) is 0 Å². The zero-order valence-corrected chi connectivity index (χ0v) is 17.4. The van der Waals surface area contributed by atoms with Crippen molar-refractivity contribution < 1.29 is 23.8 Å². The highest BCUT2D eigenvalue weighted by atomic mass is 16.5. The number of carbonyl (C=O) groups is 2. The monoisotopic (exact) mass is 400 g/mol. The molecule has 0 aromatic rings. The van der Waals surface area contributed by atoms with Crippen LogP contribution in [0.5, 0.6) is 0 Å². The summed E-state index contributed by atoms with van der Waals surface area (Å²) in [5.74, 6) is -0.272. The largest absolute Gasteiger partial charge is 0.375 e. The average molecular weight is 401 g/mol. The summed E-state index contributed by atoms with van der Waals surface area (Å²) in [5.41, 5.74) is 0. The number of hydrogen-bond acceptors (Lipinski definition) is 7.